The molecule has 12 rings (SSSR count). The van der Waals surface area contributed by atoms with Crippen LogP contribution in [0.15, 0.2) is 172 Å². The van der Waals surface area contributed by atoms with Gasteiger partial charge in [0.25, 0.3) is 0 Å². The van der Waals surface area contributed by atoms with Gasteiger partial charge < -0.3 is 144 Å². The van der Waals surface area contributed by atoms with Crippen LogP contribution in [0.1, 0.15) is 0 Å². The Bertz CT molecular complexity index is 2510. The SMILES string of the molecule is [Ag+].[Ag+].[Ag+].[Ag+].[Ag+].[Ag+].[S-]c1nc2ccccc2s1.[S-]c1nc2ccccc2s1.[S-]c1nc2ccccc2s1.[S-]c1nc2ccccc2s1.[S-]c1nc2ccccc2s1.[S-]c1nc2ccccc2s1. The van der Waals surface area contributed by atoms with Gasteiger partial charge in [0.15, 0.2) is 0 Å². The fourth-order valence-corrected chi connectivity index (χ4v) is 11.5. The maximum Gasteiger partial charge on any atom is 1.00 e. The van der Waals surface area contributed by atoms with Crippen molar-refractivity contribution < 1.29 is 134 Å². The molecule has 0 aliphatic heterocycles. The molecule has 0 atom stereocenters. The molecule has 0 N–H and O–H groups in total. The summed E-state index contributed by atoms with van der Waals surface area (Å²) in [7, 11) is 0. The van der Waals surface area contributed by atoms with Crippen LogP contribution in [0.25, 0.3) is 61.3 Å². The molecule has 360 valence electrons. The standard InChI is InChI=1S/6C7H5NS2.6Ag/c6*9-7-8-5-3-1-2-4-6(5)10-7;;;;;;/h6*1-4H,(H,8,9);;;;;;/q;;;;;;6*+1/p-6. The Kier molecular flexibility index (Phi) is 32.4. The van der Waals surface area contributed by atoms with Crippen LogP contribution in [-0.2, 0) is 210 Å². The van der Waals surface area contributed by atoms with Crippen LogP contribution in [0, 0.1) is 0 Å². The summed E-state index contributed by atoms with van der Waals surface area (Å²) in [6, 6.07) is 47.8. The Morgan fingerprint density at radius 3 is 0.455 bits per heavy atom. The van der Waals surface area contributed by atoms with Crippen molar-refractivity contribution in [3.63, 3.8) is 0 Å². The van der Waals surface area contributed by atoms with E-state index in [0.717, 1.165) is 59.1 Å². The molecule has 66 heavy (non-hydrogen) atoms. The molecule has 0 fully saturated rings. The average molecular weight is 1640 g/mol. The van der Waals surface area contributed by atoms with E-state index in [4.69, 9.17) is 75.8 Å². The van der Waals surface area contributed by atoms with Gasteiger partial charge >= 0.3 is 134 Å². The van der Waals surface area contributed by atoms with Crippen LogP contribution in [0.3, 0.4) is 0 Å². The number of nitrogens with zero attached hydrogens (tertiary/aromatic N) is 6. The average Bonchev–Trinajstić information content (AvgIpc) is 4.10. The molecule has 0 amide bonds. The fourth-order valence-electron chi connectivity index (χ4n) is 5.11. The number of hydrogen-bond donors (Lipinski definition) is 0. The Labute approximate surface area is 532 Å². The largest absolute Gasteiger partial charge is 1.00 e. The van der Waals surface area contributed by atoms with Crippen molar-refractivity contribution in [3.8, 4) is 0 Å². The van der Waals surface area contributed by atoms with E-state index in [9.17, 15) is 0 Å². The number of thiazole rings is 6. The predicted molar refractivity (Wildman–Crippen MR) is 272 cm³/mol. The molecule has 24 heteroatoms. The second-order valence-electron chi connectivity index (χ2n) is 11.7. The van der Waals surface area contributed by atoms with Crippen LogP contribution >= 0.6 is 68.0 Å². The molecular weight excluding hydrogens is 1620 g/mol. The molecule has 6 heterocycles. The van der Waals surface area contributed by atoms with Crippen LogP contribution in [0.5, 0.6) is 0 Å². The second-order valence-corrected chi connectivity index (χ2v) is 21.7. The molecule has 0 radical (unpaired) electrons. The van der Waals surface area contributed by atoms with Crippen molar-refractivity contribution in [2.75, 3.05) is 0 Å². The third-order valence-electron chi connectivity index (χ3n) is 7.65. The Morgan fingerprint density at radius 2 is 0.333 bits per heavy atom. The van der Waals surface area contributed by atoms with Crippen molar-refractivity contribution in [1.82, 2.24) is 29.9 Å². The van der Waals surface area contributed by atoms with Gasteiger partial charge in [-0.15, -0.1) is 0 Å². The molecular formula is C42H24Ag6N6S12. The van der Waals surface area contributed by atoms with Gasteiger partial charge in [0, 0.05) is 0 Å². The van der Waals surface area contributed by atoms with Gasteiger partial charge in [0.05, 0.1) is 33.1 Å². The van der Waals surface area contributed by atoms with E-state index >= 15 is 0 Å². The Hall–Kier alpha value is 0.422. The zero-order valence-electron chi connectivity index (χ0n) is 32.2. The topological polar surface area (TPSA) is 77.3 Å². The predicted octanol–water partition coefficient (Wildman–Crippen LogP) is 13.2. The van der Waals surface area contributed by atoms with E-state index in [1.807, 2.05) is 146 Å². The molecule has 12 aromatic rings. The summed E-state index contributed by atoms with van der Waals surface area (Å²) < 4.78 is 11.4. The van der Waals surface area contributed by atoms with Gasteiger partial charge in [0.1, 0.15) is 0 Å². The molecule has 0 unspecified atom stereocenters. The number of hydrogen-bond acceptors (Lipinski definition) is 18. The van der Waals surface area contributed by atoms with Gasteiger partial charge in [-0.3, -0.25) is 29.9 Å². The normalized spacial score (nSPS) is 9.45. The van der Waals surface area contributed by atoms with E-state index in [-0.39, 0.29) is 134 Å². The minimum absolute atomic E-state index is 0. The minimum Gasteiger partial charge on any atom is -0.408 e. The number of rotatable bonds is 0. The summed E-state index contributed by atoms with van der Waals surface area (Å²) in [6.45, 7) is 0. The van der Waals surface area contributed by atoms with Crippen molar-refractivity contribution in [2.24, 2.45) is 0 Å². The van der Waals surface area contributed by atoms with E-state index in [1.54, 1.807) is 68.0 Å². The summed E-state index contributed by atoms with van der Waals surface area (Å²) >= 11 is 38.9. The zero-order valence-corrected chi connectivity index (χ0v) is 50.9. The minimum atomic E-state index is 0. The maximum atomic E-state index is 4.92. The van der Waals surface area contributed by atoms with Crippen LogP contribution in [0.2, 0.25) is 0 Å². The summed E-state index contributed by atoms with van der Waals surface area (Å²) in [5.74, 6) is 0. The quantitative estimate of drug-likeness (QED) is 0.107. The van der Waals surface area contributed by atoms with E-state index in [0.29, 0.717) is 0 Å². The van der Waals surface area contributed by atoms with Gasteiger partial charge in [0.2, 0.25) is 0 Å². The Morgan fingerprint density at radius 1 is 0.212 bits per heavy atom. The molecule has 6 aromatic heterocycles. The van der Waals surface area contributed by atoms with Gasteiger partial charge in [-0.05, 0) is 90.6 Å². The second kappa shape index (κ2) is 33.2. The molecule has 0 spiro atoms. The molecule has 6 nitrogen and oxygen atoms in total. The monoisotopic (exact) mass is 1640 g/mol. The van der Waals surface area contributed by atoms with E-state index in [1.165, 1.54) is 28.2 Å². The molecule has 0 saturated carbocycles. The number of para-hydroxylation sites is 6. The van der Waals surface area contributed by atoms with E-state index < -0.39 is 0 Å². The number of fused-ring (bicyclic) bond motifs is 6. The van der Waals surface area contributed by atoms with Gasteiger partial charge in [-0.1, -0.05) is 109 Å². The molecule has 0 bridgehead atoms. The molecule has 6 aromatic carbocycles. The molecule has 0 aliphatic rings. The van der Waals surface area contributed by atoms with Crippen LogP contribution in [-0.4, -0.2) is 29.9 Å². The summed E-state index contributed by atoms with van der Waals surface area (Å²) in [5.41, 5.74) is 6.07. The number of aromatic nitrogens is 6. The molecule has 0 saturated heterocycles. The zero-order chi connectivity index (χ0) is 41.8. The summed E-state index contributed by atoms with van der Waals surface area (Å²) in [5, 5.41) is 0. The third kappa shape index (κ3) is 19.8. The first-order chi connectivity index (χ1) is 29.2. The van der Waals surface area contributed by atoms with Crippen LogP contribution < -0.4 is 0 Å². The van der Waals surface area contributed by atoms with Crippen molar-refractivity contribution in [3.05, 3.63) is 146 Å². The van der Waals surface area contributed by atoms with E-state index in [2.05, 4.69) is 29.9 Å². The smallest absolute Gasteiger partial charge is 0.408 e. The van der Waals surface area contributed by atoms with Crippen LogP contribution in [0.4, 0.5) is 0 Å². The summed E-state index contributed by atoms with van der Waals surface area (Å²) in [4.78, 5) is 24.9. The maximum absolute atomic E-state index is 4.92. The van der Waals surface area contributed by atoms with Gasteiger partial charge in [-0.25, -0.2) is 0 Å². The first-order valence-electron chi connectivity index (χ1n) is 17.3. The van der Waals surface area contributed by atoms with Crippen molar-refractivity contribution >= 4 is 205 Å². The third-order valence-corrected chi connectivity index (χ3v) is 14.7. The number of benzene rings is 6. The van der Waals surface area contributed by atoms with Gasteiger partial charge in [-0.2, -0.15) is 0 Å². The van der Waals surface area contributed by atoms with Crippen molar-refractivity contribution in [2.45, 2.75) is 26.0 Å². The summed E-state index contributed by atoms with van der Waals surface area (Å²) in [6.07, 6.45) is 0. The Balaban J connectivity index is 0.000000389. The van der Waals surface area contributed by atoms with Crippen molar-refractivity contribution in [1.29, 1.82) is 0 Å². The first kappa shape index (κ1) is 64.4. The molecule has 0 aliphatic carbocycles. The fraction of sp³-hybridized carbons (Fsp3) is 0. The first-order valence-corrected chi connectivity index (χ1v) is 24.7.